The molecular formula is C30H28F3N7O2. The van der Waals surface area contributed by atoms with E-state index in [2.05, 4.69) is 54.9 Å². The van der Waals surface area contributed by atoms with Crippen LogP contribution in [0.3, 0.4) is 0 Å². The standard InChI is InChI=1S/C30H28F3N7O2/c1-18-3-4-21(36-28(41)19-13-25(31)27(33)26(32)14-19)15-24(18)29(42)37-22-16-34-30(35-17-22)38-20-5-7-23(8-6-20)40-11-9-39(2)10-12-40/h3-8,13-17H,9-12H2,1-2H3,(H,36,41)(H,37,42)(H,34,35,38). The van der Waals surface area contributed by atoms with Gasteiger partial charge in [0.2, 0.25) is 5.95 Å². The van der Waals surface area contributed by atoms with Gasteiger partial charge in [-0.25, -0.2) is 23.1 Å². The number of benzene rings is 3. The first-order valence-electron chi connectivity index (χ1n) is 13.2. The van der Waals surface area contributed by atoms with Gasteiger partial charge in [0.25, 0.3) is 11.8 Å². The fourth-order valence-electron chi connectivity index (χ4n) is 4.44. The number of likely N-dealkylation sites (N-methyl/N-ethyl adjacent to an activating group) is 1. The predicted molar refractivity (Wildman–Crippen MR) is 155 cm³/mol. The lowest BCUT2D eigenvalue weighted by Gasteiger charge is -2.34. The van der Waals surface area contributed by atoms with E-state index >= 15 is 0 Å². The summed E-state index contributed by atoms with van der Waals surface area (Å²) >= 11 is 0. The largest absolute Gasteiger partial charge is 0.369 e. The zero-order valence-electron chi connectivity index (χ0n) is 22.9. The van der Waals surface area contributed by atoms with E-state index in [9.17, 15) is 22.8 Å². The first kappa shape index (κ1) is 28.6. The number of aryl methyl sites for hydroxylation is 1. The highest BCUT2D eigenvalue weighted by Gasteiger charge is 2.17. The molecule has 0 saturated carbocycles. The maximum Gasteiger partial charge on any atom is 0.256 e. The maximum atomic E-state index is 13.5. The third kappa shape index (κ3) is 6.66. The SMILES string of the molecule is Cc1ccc(NC(=O)c2cc(F)c(F)c(F)c2)cc1C(=O)Nc1cnc(Nc2ccc(N3CCN(C)CC3)cc2)nc1. The van der Waals surface area contributed by atoms with Gasteiger partial charge in [-0.3, -0.25) is 9.59 Å². The van der Waals surface area contributed by atoms with Crippen molar-refractivity contribution in [2.24, 2.45) is 0 Å². The molecule has 1 saturated heterocycles. The Morgan fingerprint density at radius 2 is 1.36 bits per heavy atom. The topological polar surface area (TPSA) is 102 Å². The Bertz CT molecular complexity index is 1580. The van der Waals surface area contributed by atoms with Gasteiger partial charge in [-0.15, -0.1) is 0 Å². The van der Waals surface area contributed by atoms with Crippen LogP contribution in [0.4, 0.5) is 41.9 Å². The molecule has 1 aromatic heterocycles. The van der Waals surface area contributed by atoms with E-state index < -0.39 is 34.8 Å². The van der Waals surface area contributed by atoms with Gasteiger partial charge in [0, 0.05) is 54.4 Å². The molecule has 3 aromatic carbocycles. The molecule has 0 unspecified atom stereocenters. The van der Waals surface area contributed by atoms with Crippen LogP contribution in [0.2, 0.25) is 0 Å². The second-order valence-corrected chi connectivity index (χ2v) is 9.95. The molecule has 1 aliphatic rings. The number of nitrogens with zero attached hydrogens (tertiary/aromatic N) is 4. The minimum absolute atomic E-state index is 0.204. The van der Waals surface area contributed by atoms with Gasteiger partial charge >= 0.3 is 0 Å². The third-order valence-corrected chi connectivity index (χ3v) is 6.89. The van der Waals surface area contributed by atoms with E-state index in [0.717, 1.165) is 37.6 Å². The summed E-state index contributed by atoms with van der Waals surface area (Å²) in [4.78, 5) is 38.6. The molecule has 0 radical (unpaired) electrons. The fraction of sp³-hybridized carbons (Fsp3) is 0.200. The average molecular weight is 576 g/mol. The summed E-state index contributed by atoms with van der Waals surface area (Å²) in [5.74, 6) is -5.61. The molecule has 3 N–H and O–H groups in total. The molecule has 1 aliphatic heterocycles. The van der Waals surface area contributed by atoms with E-state index in [0.29, 0.717) is 29.3 Å². The number of carbonyl (C=O) groups is 2. The van der Waals surface area contributed by atoms with Gasteiger partial charge in [0.15, 0.2) is 17.5 Å². The molecule has 1 fully saturated rings. The maximum absolute atomic E-state index is 13.5. The van der Waals surface area contributed by atoms with Crippen molar-refractivity contribution < 1.29 is 22.8 Å². The van der Waals surface area contributed by atoms with Crippen LogP contribution < -0.4 is 20.9 Å². The minimum Gasteiger partial charge on any atom is -0.369 e. The van der Waals surface area contributed by atoms with Gasteiger partial charge in [-0.2, -0.15) is 0 Å². The highest BCUT2D eigenvalue weighted by atomic mass is 19.2. The summed E-state index contributed by atoms with van der Waals surface area (Å²) in [5.41, 5.74) is 2.98. The van der Waals surface area contributed by atoms with Crippen molar-refractivity contribution in [3.05, 3.63) is 101 Å². The molecule has 0 bridgehead atoms. The van der Waals surface area contributed by atoms with Crippen LogP contribution in [-0.4, -0.2) is 59.9 Å². The number of piperazine rings is 1. The Labute approximate surface area is 240 Å². The van der Waals surface area contributed by atoms with Crippen LogP contribution in [0.1, 0.15) is 26.3 Å². The van der Waals surface area contributed by atoms with Gasteiger partial charge < -0.3 is 25.8 Å². The van der Waals surface area contributed by atoms with Crippen LogP contribution in [-0.2, 0) is 0 Å². The lowest BCUT2D eigenvalue weighted by atomic mass is 10.1. The lowest BCUT2D eigenvalue weighted by molar-refractivity contribution is 0.101. The highest BCUT2D eigenvalue weighted by Crippen LogP contribution is 2.22. The Hall–Kier alpha value is -4.97. The van der Waals surface area contributed by atoms with Crippen LogP contribution in [0.15, 0.2) is 67.0 Å². The summed E-state index contributed by atoms with van der Waals surface area (Å²) in [5, 5.41) is 8.32. The molecule has 216 valence electrons. The second-order valence-electron chi connectivity index (χ2n) is 9.95. The zero-order valence-corrected chi connectivity index (χ0v) is 22.9. The molecule has 0 atom stereocenters. The van der Waals surface area contributed by atoms with Gasteiger partial charge in [0.1, 0.15) is 0 Å². The van der Waals surface area contributed by atoms with E-state index in [1.54, 1.807) is 13.0 Å². The molecule has 0 aliphatic carbocycles. The summed E-state index contributed by atoms with van der Waals surface area (Å²) in [6.45, 7) is 5.73. The fourth-order valence-corrected chi connectivity index (χ4v) is 4.44. The van der Waals surface area contributed by atoms with E-state index in [4.69, 9.17) is 0 Å². The van der Waals surface area contributed by atoms with Crippen molar-refractivity contribution >= 4 is 40.5 Å². The van der Waals surface area contributed by atoms with Gasteiger partial charge in [-0.1, -0.05) is 6.07 Å². The number of hydrogen-bond acceptors (Lipinski definition) is 7. The van der Waals surface area contributed by atoms with Crippen LogP contribution in [0.5, 0.6) is 0 Å². The van der Waals surface area contributed by atoms with E-state index in [1.165, 1.54) is 24.5 Å². The smallest absolute Gasteiger partial charge is 0.256 e. The normalized spacial score (nSPS) is 13.5. The molecule has 42 heavy (non-hydrogen) atoms. The molecule has 2 amide bonds. The highest BCUT2D eigenvalue weighted by molar-refractivity contribution is 6.08. The van der Waals surface area contributed by atoms with Crippen molar-refractivity contribution in [3.63, 3.8) is 0 Å². The van der Waals surface area contributed by atoms with Crippen molar-refractivity contribution in [1.29, 1.82) is 0 Å². The average Bonchev–Trinajstić information content (AvgIpc) is 2.98. The van der Waals surface area contributed by atoms with Crippen LogP contribution in [0, 0.1) is 24.4 Å². The quantitative estimate of drug-likeness (QED) is 0.260. The Balaban J connectivity index is 1.20. The summed E-state index contributed by atoms with van der Waals surface area (Å²) in [6.07, 6.45) is 2.93. The van der Waals surface area contributed by atoms with Crippen molar-refractivity contribution in [1.82, 2.24) is 14.9 Å². The van der Waals surface area contributed by atoms with E-state index in [-0.39, 0.29) is 11.3 Å². The predicted octanol–water partition coefficient (Wildman–Crippen LogP) is 5.20. The van der Waals surface area contributed by atoms with Crippen molar-refractivity contribution in [2.75, 3.05) is 54.1 Å². The zero-order chi connectivity index (χ0) is 29.8. The minimum atomic E-state index is -1.66. The lowest BCUT2D eigenvalue weighted by Crippen LogP contribution is -2.44. The molecule has 2 heterocycles. The number of halogens is 3. The molecular weight excluding hydrogens is 547 g/mol. The van der Waals surface area contributed by atoms with Crippen LogP contribution in [0.25, 0.3) is 0 Å². The molecule has 0 spiro atoms. The first-order chi connectivity index (χ1) is 20.2. The Morgan fingerprint density at radius 3 is 2.00 bits per heavy atom. The van der Waals surface area contributed by atoms with Crippen molar-refractivity contribution in [2.45, 2.75) is 6.92 Å². The van der Waals surface area contributed by atoms with Gasteiger partial charge in [-0.05, 0) is 68.1 Å². The number of rotatable bonds is 7. The number of anilines is 5. The summed E-state index contributed by atoms with van der Waals surface area (Å²) < 4.78 is 40.3. The van der Waals surface area contributed by atoms with Gasteiger partial charge in [0.05, 0.1) is 18.1 Å². The first-order valence-corrected chi connectivity index (χ1v) is 13.2. The number of amides is 2. The molecule has 9 nitrogen and oxygen atoms in total. The number of carbonyl (C=O) groups excluding carboxylic acids is 2. The Morgan fingerprint density at radius 1 is 0.762 bits per heavy atom. The van der Waals surface area contributed by atoms with Crippen LogP contribution >= 0.6 is 0 Å². The monoisotopic (exact) mass is 575 g/mol. The van der Waals surface area contributed by atoms with Crippen molar-refractivity contribution in [3.8, 4) is 0 Å². The number of aromatic nitrogens is 2. The number of nitrogens with one attached hydrogen (secondary N) is 3. The Kier molecular flexibility index (Phi) is 8.34. The second kappa shape index (κ2) is 12.3. The summed E-state index contributed by atoms with van der Waals surface area (Å²) in [6, 6.07) is 13.8. The van der Waals surface area contributed by atoms with E-state index in [1.807, 2.05) is 12.1 Å². The molecule has 4 aromatic rings. The molecule has 5 rings (SSSR count). The number of hydrogen-bond donors (Lipinski definition) is 3. The summed E-state index contributed by atoms with van der Waals surface area (Å²) in [7, 11) is 2.12. The third-order valence-electron chi connectivity index (χ3n) is 6.89. The molecule has 12 heteroatoms.